The second-order valence-corrected chi connectivity index (χ2v) is 5.15. The maximum atomic E-state index is 12.0. The van der Waals surface area contributed by atoms with Crippen LogP contribution in [0.25, 0.3) is 0 Å². The highest BCUT2D eigenvalue weighted by atomic mass is 35.5. The van der Waals surface area contributed by atoms with Gasteiger partial charge in [-0.05, 0) is 30.9 Å². The summed E-state index contributed by atoms with van der Waals surface area (Å²) in [6, 6.07) is 3.53. The van der Waals surface area contributed by atoms with E-state index in [0.29, 0.717) is 24.0 Å². The topological polar surface area (TPSA) is 46.1 Å². The Morgan fingerprint density at radius 2 is 2.22 bits per heavy atom. The van der Waals surface area contributed by atoms with Crippen LogP contribution >= 0.6 is 11.6 Å². The molecule has 1 unspecified atom stereocenters. The van der Waals surface area contributed by atoms with Gasteiger partial charge in [-0.2, -0.15) is 5.10 Å². The fourth-order valence-corrected chi connectivity index (χ4v) is 2.39. The summed E-state index contributed by atoms with van der Waals surface area (Å²) >= 11 is 5.69. The van der Waals surface area contributed by atoms with E-state index >= 15 is 0 Å². The van der Waals surface area contributed by atoms with Gasteiger partial charge in [0.05, 0.1) is 12.2 Å². The summed E-state index contributed by atoms with van der Waals surface area (Å²) in [5.41, 5.74) is 0.794. The van der Waals surface area contributed by atoms with E-state index in [9.17, 15) is 4.79 Å². The lowest BCUT2D eigenvalue weighted by atomic mass is 9.98. The van der Waals surface area contributed by atoms with E-state index in [1.165, 1.54) is 0 Å². The smallest absolute Gasteiger partial charge is 0.222 e. The lowest BCUT2D eigenvalue weighted by molar-refractivity contribution is -0.131. The van der Waals surface area contributed by atoms with Gasteiger partial charge in [0.1, 0.15) is 0 Å². The van der Waals surface area contributed by atoms with Crippen LogP contribution in [0.3, 0.4) is 0 Å². The van der Waals surface area contributed by atoms with E-state index in [1.54, 1.807) is 6.07 Å². The van der Waals surface area contributed by atoms with Gasteiger partial charge < -0.3 is 4.90 Å². The Balaban J connectivity index is 1.99. The highest BCUT2D eigenvalue weighted by molar-refractivity contribution is 6.29. The number of likely N-dealkylation sites (tertiary alicyclic amines) is 1. The van der Waals surface area contributed by atoms with Gasteiger partial charge in [0, 0.05) is 13.0 Å². The number of rotatable bonds is 3. The van der Waals surface area contributed by atoms with Crippen molar-refractivity contribution in [1.82, 2.24) is 15.1 Å². The van der Waals surface area contributed by atoms with E-state index in [0.717, 1.165) is 31.5 Å². The molecular weight excluding hydrogens is 250 g/mol. The molecule has 1 aromatic rings. The van der Waals surface area contributed by atoms with Gasteiger partial charge >= 0.3 is 0 Å². The van der Waals surface area contributed by atoms with Gasteiger partial charge in [0.15, 0.2) is 5.15 Å². The Bertz CT molecular complexity index is 407. The molecule has 0 aliphatic carbocycles. The predicted molar refractivity (Wildman–Crippen MR) is 70.1 cm³/mol. The molecule has 0 aromatic carbocycles. The summed E-state index contributed by atoms with van der Waals surface area (Å²) < 4.78 is 0. The van der Waals surface area contributed by atoms with Crippen LogP contribution in [0, 0.1) is 5.92 Å². The first-order chi connectivity index (χ1) is 8.69. The van der Waals surface area contributed by atoms with Crippen molar-refractivity contribution >= 4 is 17.5 Å². The molecule has 1 aliphatic rings. The van der Waals surface area contributed by atoms with Gasteiger partial charge in [-0.3, -0.25) is 4.79 Å². The third-order valence-corrected chi connectivity index (χ3v) is 3.75. The number of hydrogen-bond acceptors (Lipinski definition) is 3. The average molecular weight is 268 g/mol. The molecule has 4 nitrogen and oxygen atoms in total. The van der Waals surface area contributed by atoms with Crippen LogP contribution in [0.4, 0.5) is 0 Å². The van der Waals surface area contributed by atoms with Crippen LogP contribution in [0.5, 0.6) is 0 Å². The summed E-state index contributed by atoms with van der Waals surface area (Å²) in [5, 5.41) is 8.18. The average Bonchev–Trinajstić information content (AvgIpc) is 2.55. The van der Waals surface area contributed by atoms with Gasteiger partial charge in [-0.1, -0.05) is 24.9 Å². The van der Waals surface area contributed by atoms with E-state index in [2.05, 4.69) is 17.1 Å². The first kappa shape index (κ1) is 13.3. The maximum absolute atomic E-state index is 12.0. The Labute approximate surface area is 112 Å². The third-order valence-electron chi connectivity index (χ3n) is 3.54. The highest BCUT2D eigenvalue weighted by Crippen LogP contribution is 2.21. The molecule has 0 spiro atoms. The van der Waals surface area contributed by atoms with Crippen molar-refractivity contribution in [3.05, 3.63) is 23.0 Å². The summed E-state index contributed by atoms with van der Waals surface area (Å²) in [7, 11) is 0. The molecule has 5 heteroatoms. The Morgan fingerprint density at radius 3 is 2.89 bits per heavy atom. The Morgan fingerprint density at radius 1 is 1.39 bits per heavy atom. The fraction of sp³-hybridized carbons (Fsp3) is 0.615. The fourth-order valence-electron chi connectivity index (χ4n) is 2.29. The predicted octanol–water partition coefficient (Wildman–Crippen LogP) is 2.67. The standard InChI is InChI=1S/C13H18ClN3O/c1-2-10-3-6-13(18)17(8-7-10)9-11-4-5-12(14)16-15-11/h4-5,10H,2-3,6-9H2,1H3. The molecule has 1 aromatic heterocycles. The largest absolute Gasteiger partial charge is 0.337 e. The quantitative estimate of drug-likeness (QED) is 0.846. The van der Waals surface area contributed by atoms with E-state index in [4.69, 9.17) is 11.6 Å². The minimum atomic E-state index is 0.225. The lowest BCUT2D eigenvalue weighted by Gasteiger charge is -2.20. The molecule has 1 atom stereocenters. The van der Waals surface area contributed by atoms with Crippen LogP contribution < -0.4 is 0 Å². The molecule has 1 fully saturated rings. The minimum absolute atomic E-state index is 0.225. The zero-order chi connectivity index (χ0) is 13.0. The molecule has 1 aliphatic heterocycles. The molecule has 0 N–H and O–H groups in total. The van der Waals surface area contributed by atoms with Crippen LogP contribution in [0.15, 0.2) is 12.1 Å². The normalized spacial score (nSPS) is 20.9. The SMILES string of the molecule is CCC1CCC(=O)N(Cc2ccc(Cl)nn2)CC1. The summed E-state index contributed by atoms with van der Waals surface area (Å²) in [5.74, 6) is 0.901. The van der Waals surface area contributed by atoms with Gasteiger partial charge in [0.2, 0.25) is 5.91 Å². The summed E-state index contributed by atoms with van der Waals surface area (Å²) in [6.45, 7) is 3.55. The van der Waals surface area contributed by atoms with E-state index in [1.807, 2.05) is 11.0 Å². The Kier molecular flexibility index (Phi) is 4.53. The van der Waals surface area contributed by atoms with Crippen molar-refractivity contribution < 1.29 is 4.79 Å². The molecule has 0 saturated carbocycles. The van der Waals surface area contributed by atoms with Crippen molar-refractivity contribution in [2.45, 2.75) is 39.2 Å². The van der Waals surface area contributed by atoms with Gasteiger partial charge in [-0.15, -0.1) is 5.10 Å². The molecule has 2 heterocycles. The molecule has 98 valence electrons. The first-order valence-corrected chi connectivity index (χ1v) is 6.82. The zero-order valence-corrected chi connectivity index (χ0v) is 11.4. The van der Waals surface area contributed by atoms with Crippen molar-refractivity contribution in [2.24, 2.45) is 5.92 Å². The van der Waals surface area contributed by atoms with Crippen LogP contribution in [-0.4, -0.2) is 27.5 Å². The number of nitrogens with zero attached hydrogens (tertiary/aromatic N) is 3. The molecule has 0 bridgehead atoms. The molecular formula is C13H18ClN3O. The monoisotopic (exact) mass is 267 g/mol. The maximum Gasteiger partial charge on any atom is 0.222 e. The van der Waals surface area contributed by atoms with Gasteiger partial charge in [0.25, 0.3) is 0 Å². The second-order valence-electron chi connectivity index (χ2n) is 4.76. The highest BCUT2D eigenvalue weighted by Gasteiger charge is 2.21. The van der Waals surface area contributed by atoms with E-state index in [-0.39, 0.29) is 5.91 Å². The minimum Gasteiger partial charge on any atom is -0.337 e. The van der Waals surface area contributed by atoms with Crippen molar-refractivity contribution in [2.75, 3.05) is 6.54 Å². The van der Waals surface area contributed by atoms with Crippen molar-refractivity contribution in [3.8, 4) is 0 Å². The Hall–Kier alpha value is -1.16. The number of carbonyl (C=O) groups is 1. The van der Waals surface area contributed by atoms with Crippen LogP contribution in [0.2, 0.25) is 5.15 Å². The number of aromatic nitrogens is 2. The third kappa shape index (κ3) is 3.42. The summed E-state index contributed by atoms with van der Waals surface area (Å²) in [4.78, 5) is 13.9. The van der Waals surface area contributed by atoms with Crippen molar-refractivity contribution in [3.63, 3.8) is 0 Å². The van der Waals surface area contributed by atoms with Gasteiger partial charge in [-0.25, -0.2) is 0 Å². The lowest BCUT2D eigenvalue weighted by Crippen LogP contribution is -2.30. The summed E-state index contributed by atoms with van der Waals surface area (Å²) in [6.07, 6.45) is 3.91. The van der Waals surface area contributed by atoms with E-state index < -0.39 is 0 Å². The second kappa shape index (κ2) is 6.14. The molecule has 1 amide bonds. The van der Waals surface area contributed by atoms with Crippen LogP contribution in [0.1, 0.15) is 38.3 Å². The molecule has 0 radical (unpaired) electrons. The number of hydrogen-bond donors (Lipinski definition) is 0. The molecule has 1 saturated heterocycles. The first-order valence-electron chi connectivity index (χ1n) is 6.45. The van der Waals surface area contributed by atoms with Crippen LogP contribution in [-0.2, 0) is 11.3 Å². The number of amides is 1. The zero-order valence-electron chi connectivity index (χ0n) is 10.6. The molecule has 18 heavy (non-hydrogen) atoms. The number of halogens is 1. The van der Waals surface area contributed by atoms with Crippen molar-refractivity contribution in [1.29, 1.82) is 0 Å². The molecule has 2 rings (SSSR count). The number of carbonyl (C=O) groups excluding carboxylic acids is 1.